The summed E-state index contributed by atoms with van der Waals surface area (Å²) in [6, 6.07) is 0. The van der Waals surface area contributed by atoms with Crippen molar-refractivity contribution in [2.45, 2.75) is 0 Å². The molecule has 0 aliphatic rings. The van der Waals surface area contributed by atoms with Crippen LogP contribution in [0, 0.1) is 0 Å². The van der Waals surface area contributed by atoms with E-state index in [0.717, 1.165) is 0 Å². The second-order valence-corrected chi connectivity index (χ2v) is 0. The summed E-state index contributed by atoms with van der Waals surface area (Å²) in [4.78, 5) is 0. The van der Waals surface area contributed by atoms with E-state index in [-0.39, 0.29) is 12.4 Å². The van der Waals surface area contributed by atoms with Gasteiger partial charge in [0.2, 0.25) is 0 Å². The first-order chi connectivity index (χ1) is 3.00. The number of nitrogens with two attached hydrogens (primary N) is 3. The highest BCUT2D eigenvalue weighted by Crippen LogP contribution is 0.690. The van der Waals surface area contributed by atoms with Crippen molar-refractivity contribution in [2.75, 3.05) is 0 Å². The number of hydrogen-bond donors (Lipinski definition) is 6. The Kier molecular flexibility index (Phi) is 245000. The zero-order valence-electron chi connectivity index (χ0n) is 3.48. The van der Waals surface area contributed by atoms with Gasteiger partial charge in [-0.15, -0.1) is 12.4 Å². The maximum atomic E-state index is 6.50. The van der Waals surface area contributed by atoms with Gasteiger partial charge in [-0.25, -0.2) is 17.7 Å². The van der Waals surface area contributed by atoms with E-state index in [9.17, 15) is 0 Å². The molecular weight excluding hydrogens is 125 g/mol. The molecule has 0 atom stereocenters. The summed E-state index contributed by atoms with van der Waals surface area (Å²) >= 11 is 0. The minimum Gasteiger partial charge on any atom is -0.320 e. The molecule has 0 aromatic carbocycles. The van der Waals surface area contributed by atoms with E-state index in [2.05, 4.69) is 17.7 Å². The molecule has 50 valence electrons. The van der Waals surface area contributed by atoms with Gasteiger partial charge in [-0.05, 0) is 0 Å². The van der Waals surface area contributed by atoms with Gasteiger partial charge in [-0.2, -0.15) is 0 Å². The molecule has 0 aromatic rings. The van der Waals surface area contributed by atoms with Crippen LogP contribution < -0.4 is 17.7 Å². The van der Waals surface area contributed by atoms with Crippen molar-refractivity contribution in [3.63, 3.8) is 0 Å². The maximum Gasteiger partial charge on any atom is -0.147 e. The average molecular weight is 136 g/mol. The van der Waals surface area contributed by atoms with Gasteiger partial charge in [0.15, 0.2) is 0 Å². The second kappa shape index (κ2) is 61700. The van der Waals surface area contributed by atoms with Crippen molar-refractivity contribution in [3.05, 3.63) is 0 Å². The number of halogens is 1. The fourth-order valence-corrected chi connectivity index (χ4v) is 0. The topological polar surface area (TPSA) is 139 Å². The molecule has 9 N–H and O–H groups in total. The Labute approximate surface area is 46.8 Å². The Balaban J connectivity index is -0.00000000900. The van der Waals surface area contributed by atoms with Crippen LogP contribution in [0.4, 0.5) is 0 Å². The molecule has 0 heterocycles. The Bertz CT molecular complexity index is 10.1. The van der Waals surface area contributed by atoms with Gasteiger partial charge >= 0.3 is 0 Å². The largest absolute Gasteiger partial charge is 0.320 e. The van der Waals surface area contributed by atoms with Crippen LogP contribution >= 0.6 is 12.4 Å². The third kappa shape index (κ3) is 39700. The minimum atomic E-state index is 0. The average Bonchev–Trinajstić information content (AvgIpc) is 1.81. The first kappa shape index (κ1) is 27.7. The summed E-state index contributed by atoms with van der Waals surface area (Å²) in [5, 5.41) is 19.5. The molecule has 0 fully saturated rings. The Morgan fingerprint density at radius 2 is 0.571 bits per heavy atom. The van der Waals surface area contributed by atoms with Crippen molar-refractivity contribution >= 4 is 12.4 Å². The Morgan fingerprint density at radius 1 is 0.571 bits per heavy atom. The zero-order valence-corrected chi connectivity index (χ0v) is 4.30. The lowest BCUT2D eigenvalue weighted by atomic mass is 13.6. The summed E-state index contributed by atoms with van der Waals surface area (Å²) in [6.07, 6.45) is 0. The summed E-state index contributed by atoms with van der Waals surface area (Å²) < 4.78 is 0. The fourth-order valence-electron chi connectivity index (χ4n) is 0. The van der Waals surface area contributed by atoms with Crippen molar-refractivity contribution < 1.29 is 15.6 Å². The Morgan fingerprint density at radius 3 is 0.571 bits per heavy atom. The van der Waals surface area contributed by atoms with Crippen LogP contribution in [-0.2, 0) is 0 Å². The number of hydrogen-bond acceptors (Lipinski definition) is 6. The molecule has 0 aromatic heterocycles. The molecule has 0 amide bonds. The molecule has 0 aliphatic carbocycles. The van der Waals surface area contributed by atoms with Crippen LogP contribution in [0.15, 0.2) is 0 Å². The van der Waals surface area contributed by atoms with E-state index < -0.39 is 0 Å². The van der Waals surface area contributed by atoms with Gasteiger partial charge in [0.05, 0.1) is 0 Å². The van der Waals surface area contributed by atoms with E-state index in [4.69, 9.17) is 15.6 Å². The molecule has 7 heavy (non-hydrogen) atoms. The first-order valence-corrected chi connectivity index (χ1v) is 0.775. The third-order valence-corrected chi connectivity index (χ3v) is 0. The SMILES string of the molecule is Cl.NO.NO.NO. The van der Waals surface area contributed by atoms with Crippen molar-refractivity contribution in [1.29, 1.82) is 0 Å². The minimum absolute atomic E-state index is 0. The van der Waals surface area contributed by atoms with E-state index in [1.54, 1.807) is 0 Å². The van der Waals surface area contributed by atoms with E-state index in [0.29, 0.717) is 0 Å². The molecule has 0 saturated heterocycles. The molecule has 7 heteroatoms. The Hall–Kier alpha value is 0.0500. The van der Waals surface area contributed by atoms with Gasteiger partial charge < -0.3 is 15.6 Å². The molecule has 0 unspecified atom stereocenters. The molecule has 0 saturated carbocycles. The smallest absolute Gasteiger partial charge is 0.147 e. The molecule has 0 aliphatic heterocycles. The van der Waals surface area contributed by atoms with Gasteiger partial charge in [-0.1, -0.05) is 0 Å². The third-order valence-electron chi connectivity index (χ3n) is 0. The highest BCUT2D eigenvalue weighted by molar-refractivity contribution is 5.85. The van der Waals surface area contributed by atoms with Crippen LogP contribution in [0.2, 0.25) is 0 Å². The summed E-state index contributed by atoms with van der Waals surface area (Å²) in [6.45, 7) is 0. The van der Waals surface area contributed by atoms with Crippen LogP contribution in [0.25, 0.3) is 0 Å². The molecular formula is H10ClN3O3. The fraction of sp³-hybridized carbons (Fsp3) is 0. The van der Waals surface area contributed by atoms with E-state index >= 15 is 0 Å². The lowest BCUT2D eigenvalue weighted by Crippen LogP contribution is -1.72. The quantitative estimate of drug-likeness (QED) is 0.222. The highest BCUT2D eigenvalue weighted by atomic mass is 35.5. The van der Waals surface area contributed by atoms with E-state index in [1.165, 1.54) is 0 Å². The van der Waals surface area contributed by atoms with Crippen molar-refractivity contribution in [2.24, 2.45) is 17.7 Å². The molecule has 6 nitrogen and oxygen atoms in total. The predicted molar refractivity (Wildman–Crippen MR) is 25.2 cm³/mol. The van der Waals surface area contributed by atoms with Gasteiger partial charge in [0.1, 0.15) is 0 Å². The van der Waals surface area contributed by atoms with Crippen LogP contribution in [0.5, 0.6) is 0 Å². The van der Waals surface area contributed by atoms with Gasteiger partial charge in [-0.3, -0.25) is 0 Å². The van der Waals surface area contributed by atoms with Crippen molar-refractivity contribution in [3.8, 4) is 0 Å². The predicted octanol–water partition coefficient (Wildman–Crippen LogP) is -1.58. The number of rotatable bonds is 0. The monoisotopic (exact) mass is 135 g/mol. The molecule has 0 spiro atoms. The van der Waals surface area contributed by atoms with Gasteiger partial charge in [0.25, 0.3) is 0 Å². The zero-order chi connectivity index (χ0) is 6.00. The molecule has 0 rings (SSSR count). The molecule has 0 bridgehead atoms. The normalized spacial score (nSPS) is 2.57. The summed E-state index contributed by atoms with van der Waals surface area (Å²) in [5.74, 6) is 10.5. The standard InChI is InChI=1S/ClH.3H3NO/c;3*1-2/h1H;3*2H,1H2. The summed E-state index contributed by atoms with van der Waals surface area (Å²) in [7, 11) is 0. The van der Waals surface area contributed by atoms with E-state index in [1.807, 2.05) is 0 Å². The van der Waals surface area contributed by atoms with Crippen LogP contribution in [0.1, 0.15) is 0 Å². The van der Waals surface area contributed by atoms with Crippen molar-refractivity contribution in [1.82, 2.24) is 0 Å². The highest BCUT2D eigenvalue weighted by Gasteiger charge is 0.736. The van der Waals surface area contributed by atoms with Gasteiger partial charge in [0, 0.05) is 0 Å². The lowest BCUT2D eigenvalue weighted by molar-refractivity contribution is 0.311. The second-order valence-electron chi connectivity index (χ2n) is 0. The molecule has 0 radical (unpaired) electrons. The first-order valence-electron chi connectivity index (χ1n) is 0.775. The lowest BCUT2D eigenvalue weighted by Gasteiger charge is -1.27. The van der Waals surface area contributed by atoms with Crippen LogP contribution in [0.3, 0.4) is 0 Å². The van der Waals surface area contributed by atoms with Crippen LogP contribution in [-0.4, -0.2) is 15.6 Å². The maximum absolute atomic E-state index is 6.50. The summed E-state index contributed by atoms with van der Waals surface area (Å²) in [5.41, 5.74) is 0.